The van der Waals surface area contributed by atoms with Crippen LogP contribution in [0.15, 0.2) is 36.4 Å². The van der Waals surface area contributed by atoms with E-state index < -0.39 is 17.8 Å². The predicted octanol–water partition coefficient (Wildman–Crippen LogP) is 5.28. The molecule has 3 aromatic rings. The monoisotopic (exact) mass is 437 g/mol. The maximum Gasteiger partial charge on any atom is 0.172 e. The van der Waals surface area contributed by atoms with Gasteiger partial charge in [0.2, 0.25) is 0 Å². The summed E-state index contributed by atoms with van der Waals surface area (Å²) < 4.78 is 42.3. The van der Waals surface area contributed by atoms with Crippen molar-refractivity contribution in [2.75, 3.05) is 23.3 Å². The van der Waals surface area contributed by atoms with E-state index in [1.807, 2.05) is 0 Å². The van der Waals surface area contributed by atoms with E-state index >= 15 is 4.39 Å². The molecule has 1 aromatic heterocycles. The number of halogens is 3. The van der Waals surface area contributed by atoms with Gasteiger partial charge in [0.05, 0.1) is 22.7 Å². The largest absolute Gasteiger partial charge is 0.364 e. The highest BCUT2D eigenvalue weighted by atomic mass is 19.1. The Bertz CT molecular complexity index is 1200. The molecule has 2 aromatic carbocycles. The Morgan fingerprint density at radius 1 is 1.00 bits per heavy atom. The fourth-order valence-electron chi connectivity index (χ4n) is 4.24. The Morgan fingerprint density at radius 3 is 2.47 bits per heavy atom. The van der Waals surface area contributed by atoms with E-state index in [1.54, 1.807) is 18.2 Å². The molecule has 164 valence electrons. The van der Waals surface area contributed by atoms with Gasteiger partial charge in [0.15, 0.2) is 11.6 Å². The van der Waals surface area contributed by atoms with Crippen LogP contribution < -0.4 is 10.2 Å². The number of nitrogens with zero attached hydrogens (tertiary/aromatic N) is 4. The highest BCUT2D eigenvalue weighted by Gasteiger charge is 2.32. The molecular weight excluding hydrogens is 415 g/mol. The fourth-order valence-corrected chi connectivity index (χ4v) is 4.24. The Labute approximate surface area is 183 Å². The van der Waals surface area contributed by atoms with E-state index in [1.165, 1.54) is 6.07 Å². The van der Waals surface area contributed by atoms with Gasteiger partial charge in [0, 0.05) is 30.8 Å². The fraction of sp³-hybridized carbons (Fsp3) is 0.375. The molecule has 0 spiro atoms. The third kappa shape index (κ3) is 4.07. The van der Waals surface area contributed by atoms with Crippen LogP contribution >= 0.6 is 0 Å². The summed E-state index contributed by atoms with van der Waals surface area (Å²) in [5, 5.41) is 12.6. The lowest BCUT2D eigenvalue weighted by Crippen LogP contribution is -2.36. The minimum atomic E-state index is -1.48. The second-order valence-electron chi connectivity index (χ2n) is 8.52. The van der Waals surface area contributed by atoms with Crippen LogP contribution in [0.4, 0.5) is 24.8 Å². The van der Waals surface area contributed by atoms with Gasteiger partial charge in [-0.3, -0.25) is 0 Å². The SMILES string of the molecule is N#Cc1ccc2nc(NC3CC3)c(N3CCC(C(F)c4ccc(F)cc4F)CC3)nc2c1. The van der Waals surface area contributed by atoms with Crippen molar-refractivity contribution in [3.63, 3.8) is 0 Å². The van der Waals surface area contributed by atoms with Crippen LogP contribution in [-0.2, 0) is 0 Å². The molecule has 1 N–H and O–H groups in total. The van der Waals surface area contributed by atoms with Gasteiger partial charge >= 0.3 is 0 Å². The van der Waals surface area contributed by atoms with Gasteiger partial charge in [-0.1, -0.05) is 6.07 Å². The summed E-state index contributed by atoms with van der Waals surface area (Å²) in [4.78, 5) is 11.6. The van der Waals surface area contributed by atoms with Crippen LogP contribution in [0.2, 0.25) is 0 Å². The molecule has 1 saturated heterocycles. The number of aromatic nitrogens is 2. The van der Waals surface area contributed by atoms with E-state index in [9.17, 15) is 14.0 Å². The summed E-state index contributed by atoms with van der Waals surface area (Å²) in [6, 6.07) is 10.8. The highest BCUT2D eigenvalue weighted by Crippen LogP contribution is 2.38. The van der Waals surface area contributed by atoms with Gasteiger partial charge in [0.25, 0.3) is 0 Å². The first kappa shape index (κ1) is 20.6. The minimum Gasteiger partial charge on any atom is -0.364 e. The number of hydrogen-bond acceptors (Lipinski definition) is 5. The summed E-state index contributed by atoms with van der Waals surface area (Å²) in [6.45, 7) is 1.09. The summed E-state index contributed by atoms with van der Waals surface area (Å²) in [5.41, 5.74) is 1.78. The number of hydrogen-bond donors (Lipinski definition) is 1. The molecule has 5 nitrogen and oxygen atoms in total. The number of fused-ring (bicyclic) bond motifs is 1. The van der Waals surface area contributed by atoms with Crippen molar-refractivity contribution in [2.24, 2.45) is 5.92 Å². The first-order valence-corrected chi connectivity index (χ1v) is 10.8. The van der Waals surface area contributed by atoms with E-state index in [4.69, 9.17) is 9.97 Å². The maximum absolute atomic E-state index is 15.0. The predicted molar refractivity (Wildman–Crippen MR) is 116 cm³/mol. The molecule has 1 unspecified atom stereocenters. The van der Waals surface area contributed by atoms with Gasteiger partial charge in [0.1, 0.15) is 17.8 Å². The van der Waals surface area contributed by atoms with E-state index in [2.05, 4.69) is 16.3 Å². The molecule has 8 heteroatoms. The lowest BCUT2D eigenvalue weighted by atomic mass is 9.88. The molecule has 1 aliphatic carbocycles. The van der Waals surface area contributed by atoms with Crippen molar-refractivity contribution < 1.29 is 13.2 Å². The van der Waals surface area contributed by atoms with Crippen LogP contribution in [0.3, 0.4) is 0 Å². The molecule has 32 heavy (non-hydrogen) atoms. The average molecular weight is 437 g/mol. The van der Waals surface area contributed by atoms with Crippen molar-refractivity contribution in [3.8, 4) is 6.07 Å². The molecule has 0 radical (unpaired) electrons. The summed E-state index contributed by atoms with van der Waals surface area (Å²) in [5.74, 6) is -0.515. The molecule has 2 aliphatic rings. The lowest BCUT2D eigenvalue weighted by Gasteiger charge is -2.35. The van der Waals surface area contributed by atoms with Crippen molar-refractivity contribution in [1.29, 1.82) is 5.26 Å². The molecule has 2 heterocycles. The Hall–Kier alpha value is -3.34. The zero-order valence-corrected chi connectivity index (χ0v) is 17.4. The van der Waals surface area contributed by atoms with E-state index in [0.29, 0.717) is 60.2 Å². The smallest absolute Gasteiger partial charge is 0.172 e. The number of alkyl halides is 1. The molecule has 0 amide bonds. The van der Waals surface area contributed by atoms with E-state index in [-0.39, 0.29) is 11.5 Å². The molecule has 1 saturated carbocycles. The van der Waals surface area contributed by atoms with Crippen LogP contribution in [0.5, 0.6) is 0 Å². The third-order valence-electron chi connectivity index (χ3n) is 6.21. The normalized spacial score (nSPS) is 17.9. The Balaban J connectivity index is 1.38. The first-order chi connectivity index (χ1) is 15.5. The van der Waals surface area contributed by atoms with Crippen LogP contribution in [0, 0.1) is 28.9 Å². The highest BCUT2D eigenvalue weighted by molar-refractivity contribution is 5.82. The van der Waals surface area contributed by atoms with E-state index in [0.717, 1.165) is 25.0 Å². The maximum atomic E-state index is 15.0. The topological polar surface area (TPSA) is 64.8 Å². The number of benzene rings is 2. The number of rotatable bonds is 5. The number of nitriles is 1. The number of nitrogens with one attached hydrogen (secondary N) is 1. The molecule has 1 atom stereocenters. The van der Waals surface area contributed by atoms with Crippen molar-refractivity contribution >= 4 is 22.7 Å². The molecule has 2 fully saturated rings. The second-order valence-corrected chi connectivity index (χ2v) is 8.52. The molecule has 5 rings (SSSR count). The van der Waals surface area contributed by atoms with Crippen molar-refractivity contribution in [1.82, 2.24) is 9.97 Å². The van der Waals surface area contributed by atoms with Crippen LogP contribution in [0.1, 0.15) is 43.0 Å². The zero-order chi connectivity index (χ0) is 22.2. The summed E-state index contributed by atoms with van der Waals surface area (Å²) >= 11 is 0. The van der Waals surface area contributed by atoms with Crippen LogP contribution in [-0.4, -0.2) is 29.1 Å². The quantitative estimate of drug-likeness (QED) is 0.588. The average Bonchev–Trinajstić information content (AvgIpc) is 3.62. The minimum absolute atomic E-state index is 0.0875. The van der Waals surface area contributed by atoms with Crippen molar-refractivity contribution in [2.45, 2.75) is 37.9 Å². The van der Waals surface area contributed by atoms with Gasteiger partial charge in [-0.2, -0.15) is 5.26 Å². The lowest BCUT2D eigenvalue weighted by molar-refractivity contribution is 0.193. The Kier molecular flexibility index (Phi) is 5.33. The number of piperidine rings is 1. The van der Waals surface area contributed by atoms with Crippen LogP contribution in [0.25, 0.3) is 11.0 Å². The summed E-state index contributed by atoms with van der Waals surface area (Å²) in [7, 11) is 0. The standard InChI is InChI=1S/C24H22F3N5/c25-16-2-5-18(19(26)12-16)22(27)15-7-9-32(10-8-15)24-23(29-17-3-4-17)30-20-6-1-14(13-28)11-21(20)31-24/h1-2,5-6,11-12,15,17,22H,3-4,7-10H2,(H,29,30). The molecule has 0 bridgehead atoms. The molecular formula is C24H22F3N5. The summed E-state index contributed by atoms with van der Waals surface area (Å²) in [6.07, 6.45) is 1.71. The van der Waals surface area contributed by atoms with Crippen molar-refractivity contribution in [3.05, 3.63) is 59.2 Å². The number of anilines is 2. The zero-order valence-electron chi connectivity index (χ0n) is 17.4. The second kappa shape index (κ2) is 8.30. The van der Waals surface area contributed by atoms with Gasteiger partial charge < -0.3 is 10.2 Å². The van der Waals surface area contributed by atoms with Gasteiger partial charge in [-0.05, 0) is 55.9 Å². The Morgan fingerprint density at radius 2 is 1.78 bits per heavy atom. The van der Waals surface area contributed by atoms with Gasteiger partial charge in [-0.15, -0.1) is 0 Å². The molecule has 1 aliphatic heterocycles. The third-order valence-corrected chi connectivity index (χ3v) is 6.21. The van der Waals surface area contributed by atoms with Gasteiger partial charge in [-0.25, -0.2) is 23.1 Å². The first-order valence-electron chi connectivity index (χ1n) is 10.8.